The normalized spacial score (nSPS) is 27.9. The van der Waals surface area contributed by atoms with Crippen molar-refractivity contribution in [2.75, 3.05) is 0 Å². The number of hydrogen-bond donors (Lipinski definition) is 0. The molecule has 14 atom stereocenters. The minimum absolute atomic E-state index is 0.0405. The quantitative estimate of drug-likeness (QED) is 0.0383. The predicted molar refractivity (Wildman–Crippen MR) is 311 cm³/mol. The van der Waals surface area contributed by atoms with Crippen molar-refractivity contribution in [2.24, 2.45) is 71.0 Å². The molecule has 3 saturated heterocycles. The Bertz CT molecular complexity index is 2110. The Morgan fingerprint density at radius 1 is 0.608 bits per heavy atom. The van der Waals surface area contributed by atoms with Crippen molar-refractivity contribution < 1.29 is 47.9 Å². The van der Waals surface area contributed by atoms with Crippen LogP contribution in [0, 0.1) is 71.0 Å². The average Bonchev–Trinajstić information content (AvgIpc) is 4.34. The lowest BCUT2D eigenvalue weighted by Crippen LogP contribution is -2.36. The topological polar surface area (TPSA) is 173 Å². The summed E-state index contributed by atoms with van der Waals surface area (Å²) in [7, 11) is 0. The molecule has 2 bridgehead atoms. The maximum atomic E-state index is 12.5. The molecule has 13 nitrogen and oxygen atoms in total. The van der Waals surface area contributed by atoms with Crippen LogP contribution < -0.4 is 0 Å². The zero-order valence-corrected chi connectivity index (χ0v) is 50.7. The van der Waals surface area contributed by atoms with E-state index in [1.807, 2.05) is 19.1 Å². The van der Waals surface area contributed by atoms with E-state index in [9.17, 15) is 43.2 Å². The van der Waals surface area contributed by atoms with E-state index in [1.165, 1.54) is 143 Å². The van der Waals surface area contributed by atoms with E-state index < -0.39 is 35.5 Å². The molecule has 3 aliphatic heterocycles. The van der Waals surface area contributed by atoms with Crippen molar-refractivity contribution in [3.05, 3.63) is 37.0 Å². The number of imide groups is 9. The summed E-state index contributed by atoms with van der Waals surface area (Å²) in [5.74, 6) is -1.43. The van der Waals surface area contributed by atoms with Gasteiger partial charge in [0.15, 0.2) is 0 Å². The number of hydrogen-bond acceptors (Lipinski definition) is 10. The number of fused-ring (bicyclic) bond motifs is 5. The highest BCUT2D eigenvalue weighted by atomic mass is 16.5. The standard InChI is InChI=1S/C26H47NO3.C20H29NO4.C20H29NO3/c1-5-6-7-8-9-10-11-12-13-14-15-16-17-18-19-21(2)20-24-22(3)25(29)27(23(4)28)26(24)30;1-10(7-16-11(2)19(23)21(12(3)22)20(16)24)25-18-9-13-8-17(18)15-6-4-5-14(13)15;1-5-8-9-10-11-17(13-12-16(6-2)7-3)18-14-19(23)21(15(4)22)20(18)24/h21-22,24H,5-20H2,1-4H3;10-11,13-18H,4-9H2,1-3H3;6,8-9,12-13,16-18H,2,5,7,10-11,14H2,1,3-4H3/b;;9-8+,13-12+. The number of ether oxygens (including phenoxy) is 1. The van der Waals surface area contributed by atoms with Crippen LogP contribution in [0.4, 0.5) is 0 Å². The highest BCUT2D eigenvalue weighted by molar-refractivity contribution is 6.17. The first kappa shape index (κ1) is 67.1. The van der Waals surface area contributed by atoms with Gasteiger partial charge in [-0.05, 0) is 113 Å². The lowest BCUT2D eigenvalue weighted by molar-refractivity contribution is -0.152. The number of amides is 9. The van der Waals surface area contributed by atoms with Gasteiger partial charge in [0.1, 0.15) is 0 Å². The number of rotatable bonds is 30. The van der Waals surface area contributed by atoms with E-state index in [0.29, 0.717) is 30.8 Å². The van der Waals surface area contributed by atoms with Crippen LogP contribution >= 0.6 is 0 Å². The average molecular weight is 1100 g/mol. The second-order valence-corrected chi connectivity index (χ2v) is 24.7. The van der Waals surface area contributed by atoms with Crippen LogP contribution in [0.15, 0.2) is 37.0 Å². The van der Waals surface area contributed by atoms with Crippen molar-refractivity contribution in [3.8, 4) is 0 Å². The summed E-state index contributed by atoms with van der Waals surface area (Å²) in [5, 5.41) is 0. The van der Waals surface area contributed by atoms with Gasteiger partial charge < -0.3 is 4.74 Å². The molecule has 3 aliphatic carbocycles. The third kappa shape index (κ3) is 19.1. The minimum atomic E-state index is -0.487. The van der Waals surface area contributed by atoms with Crippen LogP contribution in [0.1, 0.15) is 243 Å². The van der Waals surface area contributed by atoms with Gasteiger partial charge in [0.05, 0.1) is 30.0 Å². The Morgan fingerprint density at radius 2 is 1.13 bits per heavy atom. The smallest absolute Gasteiger partial charge is 0.240 e. The Balaban J connectivity index is 0.000000257. The third-order valence-corrected chi connectivity index (χ3v) is 18.7. The summed E-state index contributed by atoms with van der Waals surface area (Å²) in [4.78, 5) is 111. The molecule has 444 valence electrons. The van der Waals surface area contributed by atoms with Crippen molar-refractivity contribution in [2.45, 2.75) is 255 Å². The monoisotopic (exact) mass is 1100 g/mol. The molecule has 79 heavy (non-hydrogen) atoms. The van der Waals surface area contributed by atoms with E-state index in [4.69, 9.17) is 4.74 Å². The second kappa shape index (κ2) is 34.1. The molecule has 13 heteroatoms. The fraction of sp³-hybridized carbons (Fsp3) is 0.773. The fourth-order valence-electron chi connectivity index (χ4n) is 14.1. The number of allylic oxidation sites excluding steroid dienone is 5. The third-order valence-electron chi connectivity index (χ3n) is 18.7. The summed E-state index contributed by atoms with van der Waals surface area (Å²) < 4.78 is 6.38. The van der Waals surface area contributed by atoms with E-state index in [1.54, 1.807) is 13.8 Å². The zero-order valence-electron chi connectivity index (χ0n) is 50.7. The summed E-state index contributed by atoms with van der Waals surface area (Å²) in [6.07, 6.45) is 42.2. The molecular formula is C66H105N3O10. The van der Waals surface area contributed by atoms with Gasteiger partial charge in [-0.15, -0.1) is 6.58 Å². The van der Waals surface area contributed by atoms with Crippen LogP contribution in [0.5, 0.6) is 0 Å². The fourth-order valence-corrected chi connectivity index (χ4v) is 14.1. The summed E-state index contributed by atoms with van der Waals surface area (Å²) in [6, 6.07) is 0. The van der Waals surface area contributed by atoms with Crippen LogP contribution in [-0.4, -0.2) is 80.1 Å². The molecule has 6 fully saturated rings. The lowest BCUT2D eigenvalue weighted by atomic mass is 9.80. The van der Waals surface area contributed by atoms with E-state index in [2.05, 4.69) is 52.5 Å². The van der Waals surface area contributed by atoms with Gasteiger partial charge >= 0.3 is 0 Å². The number of unbranched alkanes of at least 4 members (excludes halogenated alkanes) is 13. The molecule has 0 spiro atoms. The van der Waals surface area contributed by atoms with Gasteiger partial charge in [0, 0.05) is 39.0 Å². The van der Waals surface area contributed by atoms with Gasteiger partial charge in [-0.2, -0.15) is 0 Å². The van der Waals surface area contributed by atoms with Crippen molar-refractivity contribution in [1.29, 1.82) is 0 Å². The van der Waals surface area contributed by atoms with Crippen LogP contribution in [-0.2, 0) is 47.9 Å². The van der Waals surface area contributed by atoms with E-state index in [0.717, 1.165) is 64.6 Å². The molecule has 0 aromatic heterocycles. The largest absolute Gasteiger partial charge is 0.375 e. The molecule has 0 aromatic rings. The summed E-state index contributed by atoms with van der Waals surface area (Å²) in [6.45, 7) is 21.8. The van der Waals surface area contributed by atoms with Crippen molar-refractivity contribution in [1.82, 2.24) is 14.7 Å². The summed E-state index contributed by atoms with van der Waals surface area (Å²) >= 11 is 0. The maximum Gasteiger partial charge on any atom is 0.240 e. The van der Waals surface area contributed by atoms with Crippen molar-refractivity contribution in [3.63, 3.8) is 0 Å². The first-order valence-electron chi connectivity index (χ1n) is 31.5. The highest BCUT2D eigenvalue weighted by Gasteiger charge is 2.55. The first-order valence-corrected chi connectivity index (χ1v) is 31.5. The molecular weight excluding hydrogens is 995 g/mol. The van der Waals surface area contributed by atoms with Gasteiger partial charge in [0.25, 0.3) is 0 Å². The number of nitrogens with zero attached hydrogens (tertiary/aromatic N) is 3. The SMILES string of the molecule is C=CC(/C=C/C(CC/C=C/CC)C1CC(=O)N(C(C)=O)C1=O)CC.CC(=O)N1C(=O)C(C)C(CC(C)OC2CC3CC2C2CCCC32)C1=O.CCCCCCCCCCCCCCCCC(C)CC1C(=O)N(C(C)=O)C(=O)C1C. The minimum Gasteiger partial charge on any atom is -0.375 e. The molecule has 14 unspecified atom stereocenters. The van der Waals surface area contributed by atoms with E-state index in [-0.39, 0.29) is 71.6 Å². The van der Waals surface area contributed by atoms with E-state index >= 15 is 0 Å². The number of carbonyl (C=O) groups excluding carboxylic acids is 9. The predicted octanol–water partition coefficient (Wildman–Crippen LogP) is 13.9. The number of carbonyl (C=O) groups is 9. The zero-order chi connectivity index (χ0) is 58.3. The first-order chi connectivity index (χ1) is 37.7. The molecule has 6 rings (SSSR count). The lowest BCUT2D eigenvalue weighted by Gasteiger charge is -2.33. The highest BCUT2D eigenvalue weighted by Crippen LogP contribution is 2.59. The molecule has 3 heterocycles. The molecule has 6 aliphatic rings. The van der Waals surface area contributed by atoms with Crippen LogP contribution in [0.25, 0.3) is 0 Å². The Kier molecular flexibility index (Phi) is 29.0. The van der Waals surface area contributed by atoms with Crippen LogP contribution in [0.2, 0.25) is 0 Å². The van der Waals surface area contributed by atoms with Crippen LogP contribution in [0.3, 0.4) is 0 Å². The Hall–Kier alpha value is -4.39. The van der Waals surface area contributed by atoms with Gasteiger partial charge in [-0.3, -0.25) is 43.2 Å². The van der Waals surface area contributed by atoms with Gasteiger partial charge in [0.2, 0.25) is 53.2 Å². The molecule has 0 radical (unpaired) electrons. The Morgan fingerprint density at radius 3 is 1.61 bits per heavy atom. The Labute approximate surface area is 476 Å². The number of likely N-dealkylation sites (tertiary alicyclic amines) is 3. The van der Waals surface area contributed by atoms with Gasteiger partial charge in [-0.25, -0.2) is 14.7 Å². The summed E-state index contributed by atoms with van der Waals surface area (Å²) in [5.41, 5.74) is 0. The van der Waals surface area contributed by atoms with Crippen molar-refractivity contribution >= 4 is 53.2 Å². The molecule has 3 saturated carbocycles. The van der Waals surface area contributed by atoms with Gasteiger partial charge in [-0.1, -0.05) is 175 Å². The molecule has 9 amide bonds. The molecule has 0 N–H and O–H groups in total. The maximum absolute atomic E-state index is 12.5. The second-order valence-electron chi connectivity index (χ2n) is 24.7. The molecule has 0 aromatic carbocycles.